The summed E-state index contributed by atoms with van der Waals surface area (Å²) in [6.07, 6.45) is 1.82. The average Bonchev–Trinajstić information content (AvgIpc) is 2.52. The van der Waals surface area contributed by atoms with Crippen LogP contribution in [0.2, 0.25) is 0 Å². The summed E-state index contributed by atoms with van der Waals surface area (Å²) in [6.45, 7) is 6.49. The van der Waals surface area contributed by atoms with E-state index in [4.69, 9.17) is 0 Å². The van der Waals surface area contributed by atoms with E-state index >= 15 is 0 Å². The maximum atomic E-state index is 4.68. The molecule has 1 aromatic heterocycles. The molecule has 0 fully saturated rings. The lowest BCUT2D eigenvalue weighted by atomic mass is 10.1. The maximum absolute atomic E-state index is 4.68. The predicted molar refractivity (Wildman–Crippen MR) is 88.4 cm³/mol. The summed E-state index contributed by atoms with van der Waals surface area (Å²) in [5.74, 6) is 1.58. The van der Waals surface area contributed by atoms with Gasteiger partial charge in [-0.15, -0.1) is 6.58 Å². The highest BCUT2D eigenvalue weighted by molar-refractivity contribution is 5.90. The third-order valence-corrected chi connectivity index (χ3v) is 3.29. The van der Waals surface area contributed by atoms with Crippen molar-refractivity contribution in [2.75, 3.05) is 11.9 Å². The fourth-order valence-corrected chi connectivity index (χ4v) is 2.29. The molecule has 0 amide bonds. The van der Waals surface area contributed by atoms with Crippen LogP contribution in [0.15, 0.2) is 61.2 Å². The Labute approximate surface area is 124 Å². The lowest BCUT2D eigenvalue weighted by Gasteiger charge is -2.10. The molecule has 0 atom stereocenters. The number of hydrogen-bond acceptors (Lipinski definition) is 3. The van der Waals surface area contributed by atoms with E-state index in [0.29, 0.717) is 6.54 Å². The largest absolute Gasteiger partial charge is 0.366 e. The summed E-state index contributed by atoms with van der Waals surface area (Å²) in [4.78, 5) is 9.36. The molecule has 0 radical (unpaired) electrons. The van der Waals surface area contributed by atoms with Gasteiger partial charge in [0.05, 0.1) is 5.52 Å². The Hall–Kier alpha value is -2.68. The Kier molecular flexibility index (Phi) is 3.65. The minimum absolute atomic E-state index is 0.675. The van der Waals surface area contributed by atoms with Crippen molar-refractivity contribution >= 4 is 16.7 Å². The molecule has 21 heavy (non-hydrogen) atoms. The second kappa shape index (κ2) is 5.75. The number of fused-ring (bicyclic) bond motifs is 1. The van der Waals surface area contributed by atoms with Gasteiger partial charge in [-0.1, -0.05) is 42.0 Å². The normalized spacial score (nSPS) is 10.5. The molecule has 0 spiro atoms. The number of nitrogens with one attached hydrogen (secondary N) is 1. The van der Waals surface area contributed by atoms with Crippen LogP contribution >= 0.6 is 0 Å². The molecule has 0 aliphatic rings. The number of aromatic nitrogens is 2. The summed E-state index contributed by atoms with van der Waals surface area (Å²) in [5, 5.41) is 4.32. The monoisotopic (exact) mass is 275 g/mol. The molecule has 3 nitrogen and oxygen atoms in total. The molecule has 0 bridgehead atoms. The number of anilines is 1. The van der Waals surface area contributed by atoms with Crippen molar-refractivity contribution in [2.24, 2.45) is 0 Å². The fraction of sp³-hybridized carbons (Fsp3) is 0.111. The molecule has 0 saturated heterocycles. The Morgan fingerprint density at radius 2 is 1.95 bits per heavy atom. The van der Waals surface area contributed by atoms with E-state index in [1.807, 2.05) is 42.5 Å². The summed E-state index contributed by atoms with van der Waals surface area (Å²) in [6, 6.07) is 16.3. The maximum Gasteiger partial charge on any atom is 0.162 e. The van der Waals surface area contributed by atoms with E-state index in [1.54, 1.807) is 0 Å². The Morgan fingerprint density at radius 3 is 2.76 bits per heavy atom. The fourth-order valence-electron chi connectivity index (χ4n) is 2.29. The second-order valence-electron chi connectivity index (χ2n) is 4.95. The summed E-state index contributed by atoms with van der Waals surface area (Å²) >= 11 is 0. The van der Waals surface area contributed by atoms with Gasteiger partial charge >= 0.3 is 0 Å². The van der Waals surface area contributed by atoms with Gasteiger partial charge in [0.1, 0.15) is 5.82 Å². The molecule has 0 saturated carbocycles. The Bertz CT molecular complexity index is 793. The van der Waals surface area contributed by atoms with Crippen LogP contribution in [0.5, 0.6) is 0 Å². The van der Waals surface area contributed by atoms with Crippen LogP contribution in [0.1, 0.15) is 5.56 Å². The highest BCUT2D eigenvalue weighted by Gasteiger charge is 2.08. The van der Waals surface area contributed by atoms with Crippen LogP contribution in [0.3, 0.4) is 0 Å². The summed E-state index contributed by atoms with van der Waals surface area (Å²) in [7, 11) is 0. The number of nitrogens with zero attached hydrogens (tertiary/aromatic N) is 2. The first-order valence-electron chi connectivity index (χ1n) is 6.96. The minimum atomic E-state index is 0.675. The molecule has 3 heteroatoms. The van der Waals surface area contributed by atoms with Crippen molar-refractivity contribution in [1.82, 2.24) is 9.97 Å². The van der Waals surface area contributed by atoms with Crippen LogP contribution in [0.25, 0.3) is 22.3 Å². The van der Waals surface area contributed by atoms with Crippen molar-refractivity contribution in [3.63, 3.8) is 0 Å². The van der Waals surface area contributed by atoms with Gasteiger partial charge in [0, 0.05) is 17.5 Å². The van der Waals surface area contributed by atoms with E-state index < -0.39 is 0 Å². The molecule has 0 aliphatic heterocycles. The molecule has 3 rings (SSSR count). The van der Waals surface area contributed by atoms with Crippen molar-refractivity contribution in [3.05, 3.63) is 66.7 Å². The Balaban J connectivity index is 2.17. The van der Waals surface area contributed by atoms with Crippen LogP contribution in [-0.4, -0.2) is 16.5 Å². The first kappa shape index (κ1) is 13.3. The lowest BCUT2D eigenvalue weighted by molar-refractivity contribution is 1.19. The minimum Gasteiger partial charge on any atom is -0.366 e. The van der Waals surface area contributed by atoms with E-state index in [2.05, 4.69) is 40.9 Å². The van der Waals surface area contributed by atoms with Crippen LogP contribution in [0.4, 0.5) is 5.82 Å². The summed E-state index contributed by atoms with van der Waals surface area (Å²) < 4.78 is 0. The standard InChI is InChI=1S/C18H17N3/c1-3-11-19-18-15-9-4-5-10-16(15)20-17(21-18)14-8-6-7-13(2)12-14/h3-10,12H,1,11H2,2H3,(H,19,20,21). The third kappa shape index (κ3) is 2.77. The van der Waals surface area contributed by atoms with Crippen LogP contribution in [0, 0.1) is 6.92 Å². The van der Waals surface area contributed by atoms with Gasteiger partial charge in [-0.05, 0) is 25.1 Å². The van der Waals surface area contributed by atoms with E-state index in [1.165, 1.54) is 5.56 Å². The highest BCUT2D eigenvalue weighted by Crippen LogP contribution is 2.25. The molecule has 1 N–H and O–H groups in total. The molecule has 0 unspecified atom stereocenters. The summed E-state index contributed by atoms with van der Waals surface area (Å²) in [5.41, 5.74) is 3.17. The van der Waals surface area contributed by atoms with Crippen molar-refractivity contribution in [3.8, 4) is 11.4 Å². The van der Waals surface area contributed by atoms with Gasteiger partial charge in [-0.3, -0.25) is 0 Å². The number of rotatable bonds is 4. The number of aryl methyl sites for hydroxylation is 1. The second-order valence-corrected chi connectivity index (χ2v) is 4.95. The van der Waals surface area contributed by atoms with Gasteiger partial charge in [-0.2, -0.15) is 0 Å². The zero-order valence-electron chi connectivity index (χ0n) is 12.0. The SMILES string of the molecule is C=CCNc1nc(-c2cccc(C)c2)nc2ccccc12. The number of hydrogen-bond donors (Lipinski definition) is 1. The molecule has 104 valence electrons. The zero-order valence-corrected chi connectivity index (χ0v) is 12.0. The van der Waals surface area contributed by atoms with Gasteiger partial charge in [0.2, 0.25) is 0 Å². The first-order valence-corrected chi connectivity index (χ1v) is 6.96. The van der Waals surface area contributed by atoms with E-state index in [-0.39, 0.29) is 0 Å². The topological polar surface area (TPSA) is 37.8 Å². The lowest BCUT2D eigenvalue weighted by Crippen LogP contribution is -2.03. The quantitative estimate of drug-likeness (QED) is 0.725. The molecule has 0 aliphatic carbocycles. The van der Waals surface area contributed by atoms with Gasteiger partial charge in [-0.25, -0.2) is 9.97 Å². The number of benzene rings is 2. The van der Waals surface area contributed by atoms with Crippen molar-refractivity contribution in [2.45, 2.75) is 6.92 Å². The molecule has 3 aromatic rings. The predicted octanol–water partition coefficient (Wildman–Crippen LogP) is 4.20. The smallest absolute Gasteiger partial charge is 0.162 e. The zero-order chi connectivity index (χ0) is 14.7. The van der Waals surface area contributed by atoms with E-state index in [0.717, 1.165) is 28.1 Å². The van der Waals surface area contributed by atoms with Gasteiger partial charge in [0.25, 0.3) is 0 Å². The first-order chi connectivity index (χ1) is 10.3. The van der Waals surface area contributed by atoms with E-state index in [9.17, 15) is 0 Å². The van der Waals surface area contributed by atoms with Crippen LogP contribution < -0.4 is 5.32 Å². The average molecular weight is 275 g/mol. The number of para-hydroxylation sites is 1. The third-order valence-electron chi connectivity index (χ3n) is 3.29. The molecule has 2 aromatic carbocycles. The highest BCUT2D eigenvalue weighted by atomic mass is 15.0. The van der Waals surface area contributed by atoms with Crippen molar-refractivity contribution < 1.29 is 0 Å². The van der Waals surface area contributed by atoms with Gasteiger partial charge < -0.3 is 5.32 Å². The molecular weight excluding hydrogens is 258 g/mol. The molecule has 1 heterocycles. The van der Waals surface area contributed by atoms with Crippen molar-refractivity contribution in [1.29, 1.82) is 0 Å². The van der Waals surface area contributed by atoms with Crippen LogP contribution in [-0.2, 0) is 0 Å². The molecular formula is C18H17N3. The van der Waals surface area contributed by atoms with Gasteiger partial charge in [0.15, 0.2) is 5.82 Å². The Morgan fingerprint density at radius 1 is 1.10 bits per heavy atom.